The van der Waals surface area contributed by atoms with Crippen molar-refractivity contribution in [3.05, 3.63) is 51.6 Å². The first-order valence-corrected chi connectivity index (χ1v) is 15.6. The lowest BCUT2D eigenvalue weighted by molar-refractivity contribution is -0.247. The second-order valence-electron chi connectivity index (χ2n) is 11.3. The van der Waals surface area contributed by atoms with Crippen molar-refractivity contribution in [3.8, 4) is 17.2 Å². The Labute approximate surface area is 262 Å². The predicted octanol–water partition coefficient (Wildman–Crippen LogP) is 1.31. The number of thioether (sulfide) groups is 1. The van der Waals surface area contributed by atoms with Crippen molar-refractivity contribution in [2.45, 2.75) is 69.4 Å². The minimum Gasteiger partial charge on any atom is -0.507 e. The summed E-state index contributed by atoms with van der Waals surface area (Å²) in [5.74, 6) is -4.45. The first kappa shape index (κ1) is 32.9. The number of aliphatic hydroxyl groups is 2. The number of phenols is 2. The van der Waals surface area contributed by atoms with Gasteiger partial charge in [0.15, 0.2) is 17.9 Å². The van der Waals surface area contributed by atoms with Crippen LogP contribution in [0.5, 0.6) is 17.2 Å². The minimum absolute atomic E-state index is 0.0127. The van der Waals surface area contributed by atoms with Crippen molar-refractivity contribution >= 4 is 35.1 Å². The molecule has 242 valence electrons. The molecule has 45 heavy (non-hydrogen) atoms. The molecule has 14 heteroatoms. The number of hydrogen-bond donors (Lipinski definition) is 5. The van der Waals surface area contributed by atoms with Gasteiger partial charge >= 0.3 is 5.97 Å². The molecule has 0 amide bonds. The van der Waals surface area contributed by atoms with E-state index in [2.05, 4.69) is 0 Å². The number of ether oxygens (including phenoxy) is 4. The van der Waals surface area contributed by atoms with Crippen LogP contribution in [0.1, 0.15) is 75.8 Å². The van der Waals surface area contributed by atoms with E-state index < -0.39 is 95.0 Å². The fraction of sp³-hybridized carbons (Fsp3) is 0.484. The highest BCUT2D eigenvalue weighted by molar-refractivity contribution is 8.00. The molecule has 2 aromatic rings. The molecule has 0 spiro atoms. The lowest BCUT2D eigenvalue weighted by atomic mass is 9.72. The number of benzene rings is 2. The molecule has 6 atom stereocenters. The molecule has 1 aliphatic heterocycles. The van der Waals surface area contributed by atoms with Gasteiger partial charge in [-0.25, -0.2) is 0 Å². The largest absolute Gasteiger partial charge is 0.507 e. The van der Waals surface area contributed by atoms with Gasteiger partial charge in [0, 0.05) is 42.0 Å². The summed E-state index contributed by atoms with van der Waals surface area (Å²) in [6.45, 7) is 3.40. The second kappa shape index (κ2) is 12.7. The monoisotopic (exact) mass is 645 g/mol. The Morgan fingerprint density at radius 2 is 1.82 bits per heavy atom. The number of carbonyl (C=O) groups excluding carboxylic acids is 4. The molecule has 6 N–H and O–H groups in total. The number of esters is 1. The van der Waals surface area contributed by atoms with Crippen LogP contribution < -0.4 is 10.5 Å². The molecule has 2 aliphatic carbocycles. The number of carbonyl (C=O) groups is 4. The van der Waals surface area contributed by atoms with E-state index in [9.17, 15) is 39.6 Å². The Hall–Kier alpha value is -3.53. The number of Topliss-reactive ketones (excluding diaryl/α,β-unsaturated/α-hetero) is 1. The van der Waals surface area contributed by atoms with Gasteiger partial charge in [-0.15, -0.1) is 11.8 Å². The van der Waals surface area contributed by atoms with E-state index >= 15 is 0 Å². The van der Waals surface area contributed by atoms with Gasteiger partial charge in [0.2, 0.25) is 5.78 Å². The second-order valence-corrected chi connectivity index (χ2v) is 12.3. The summed E-state index contributed by atoms with van der Waals surface area (Å²) >= 11 is 0.931. The van der Waals surface area contributed by atoms with Crippen LogP contribution in [0.15, 0.2) is 18.2 Å². The summed E-state index contributed by atoms with van der Waals surface area (Å²) in [4.78, 5) is 52.7. The van der Waals surface area contributed by atoms with Crippen LogP contribution in [-0.2, 0) is 30.2 Å². The van der Waals surface area contributed by atoms with Crippen molar-refractivity contribution in [2.75, 3.05) is 25.2 Å². The SMILES string of the molecule is CCOC(=O)CSCC(=O)[C@]1(O)Cc2c(O)c3c(c(O)c2[C@@H](OC2CC(N)C(O)C(C)O2)C1)C(=O)c1c(OC)cccc1C3=O. The van der Waals surface area contributed by atoms with Crippen molar-refractivity contribution < 1.29 is 58.6 Å². The number of nitrogens with two attached hydrogens (primary N) is 1. The number of aliphatic hydroxyl groups excluding tert-OH is 1. The maximum absolute atomic E-state index is 13.8. The van der Waals surface area contributed by atoms with Crippen molar-refractivity contribution in [3.63, 3.8) is 0 Å². The quantitative estimate of drug-likeness (QED) is 0.164. The number of aromatic hydroxyl groups is 2. The maximum atomic E-state index is 13.8. The molecule has 1 saturated heterocycles. The van der Waals surface area contributed by atoms with Gasteiger partial charge in [-0.05, 0) is 19.9 Å². The highest BCUT2D eigenvalue weighted by Gasteiger charge is 2.50. The zero-order chi connectivity index (χ0) is 32.8. The van der Waals surface area contributed by atoms with Crippen molar-refractivity contribution in [1.29, 1.82) is 0 Å². The Balaban J connectivity index is 1.59. The molecule has 2 aromatic carbocycles. The average Bonchev–Trinajstić information content (AvgIpc) is 2.99. The lowest BCUT2D eigenvalue weighted by Gasteiger charge is -2.42. The van der Waals surface area contributed by atoms with E-state index in [1.165, 1.54) is 25.3 Å². The Morgan fingerprint density at radius 3 is 2.49 bits per heavy atom. The van der Waals surface area contributed by atoms with Crippen LogP contribution in [0.25, 0.3) is 0 Å². The highest BCUT2D eigenvalue weighted by atomic mass is 32.2. The van der Waals surface area contributed by atoms with E-state index in [0.29, 0.717) is 0 Å². The molecule has 13 nitrogen and oxygen atoms in total. The predicted molar refractivity (Wildman–Crippen MR) is 159 cm³/mol. The normalized spacial score (nSPS) is 27.3. The third-order valence-electron chi connectivity index (χ3n) is 8.42. The highest BCUT2D eigenvalue weighted by Crippen LogP contribution is 2.52. The Bertz CT molecular complexity index is 1550. The van der Waals surface area contributed by atoms with Crippen LogP contribution in [-0.4, -0.2) is 99.1 Å². The van der Waals surface area contributed by atoms with E-state index in [4.69, 9.17) is 24.7 Å². The summed E-state index contributed by atoms with van der Waals surface area (Å²) in [5.41, 5.74) is 2.56. The van der Waals surface area contributed by atoms with E-state index in [1.54, 1.807) is 13.8 Å². The van der Waals surface area contributed by atoms with E-state index in [1.807, 2.05) is 0 Å². The van der Waals surface area contributed by atoms with Gasteiger partial charge < -0.3 is 45.1 Å². The van der Waals surface area contributed by atoms with E-state index in [0.717, 1.165) is 11.8 Å². The Kier molecular flexibility index (Phi) is 9.27. The zero-order valence-electron chi connectivity index (χ0n) is 24.9. The third-order valence-corrected chi connectivity index (χ3v) is 9.33. The van der Waals surface area contributed by atoms with Gasteiger partial charge in [0.05, 0.1) is 60.2 Å². The summed E-state index contributed by atoms with van der Waals surface area (Å²) in [5, 5.41) is 45.2. The molecule has 0 aromatic heterocycles. The summed E-state index contributed by atoms with van der Waals surface area (Å²) in [7, 11) is 1.33. The standard InChI is InChI=1S/C31H35NO12S/c1-4-42-20(34)12-45-11-19(33)31(40)9-15-23(18(10-31)44-21-8-16(32)26(35)13(2)43-21)30(39)25-24(28(15)37)27(36)14-6-5-7-17(41-3)22(14)29(25)38/h5-7,13,16,18,21,26,35,37,39-40H,4,8-12,32H2,1-3H3/t13?,16?,18-,21?,26?,31-/m0/s1. The molecule has 3 aliphatic rings. The van der Waals surface area contributed by atoms with E-state index in [-0.39, 0.29) is 52.5 Å². The summed E-state index contributed by atoms with van der Waals surface area (Å²) in [6.07, 6.45) is -5.08. The van der Waals surface area contributed by atoms with Crippen LogP contribution in [0.4, 0.5) is 0 Å². The maximum Gasteiger partial charge on any atom is 0.315 e. The fourth-order valence-electron chi connectivity index (χ4n) is 6.17. The summed E-state index contributed by atoms with van der Waals surface area (Å²) < 4.78 is 22.1. The van der Waals surface area contributed by atoms with Crippen molar-refractivity contribution in [2.24, 2.45) is 5.73 Å². The first-order valence-electron chi connectivity index (χ1n) is 14.4. The van der Waals surface area contributed by atoms with Gasteiger partial charge in [-0.2, -0.15) is 0 Å². The first-order chi connectivity index (χ1) is 21.3. The fourth-order valence-corrected chi connectivity index (χ4v) is 6.97. The number of ketones is 3. The van der Waals surface area contributed by atoms with Gasteiger partial charge in [-0.1, -0.05) is 12.1 Å². The van der Waals surface area contributed by atoms with Crippen LogP contribution in [0, 0.1) is 0 Å². The Morgan fingerprint density at radius 1 is 1.11 bits per heavy atom. The number of phenolic OH excluding ortho intramolecular Hbond substituents is 2. The van der Waals surface area contributed by atoms with Gasteiger partial charge in [-0.3, -0.25) is 19.2 Å². The topological polar surface area (TPSA) is 212 Å². The average molecular weight is 646 g/mol. The number of fused-ring (bicyclic) bond motifs is 3. The van der Waals surface area contributed by atoms with Crippen molar-refractivity contribution in [1.82, 2.24) is 0 Å². The van der Waals surface area contributed by atoms with Gasteiger partial charge in [0.25, 0.3) is 0 Å². The molecule has 0 bridgehead atoms. The van der Waals surface area contributed by atoms with Crippen LogP contribution in [0.2, 0.25) is 0 Å². The number of methoxy groups -OCH3 is 1. The number of hydrogen-bond acceptors (Lipinski definition) is 14. The molecule has 4 unspecified atom stereocenters. The minimum atomic E-state index is -2.18. The van der Waals surface area contributed by atoms with Crippen LogP contribution in [0.3, 0.4) is 0 Å². The third kappa shape index (κ3) is 5.82. The lowest BCUT2D eigenvalue weighted by Crippen LogP contribution is -2.53. The molecule has 0 radical (unpaired) electrons. The summed E-state index contributed by atoms with van der Waals surface area (Å²) in [6, 6.07) is 3.64. The van der Waals surface area contributed by atoms with Gasteiger partial charge in [0.1, 0.15) is 22.8 Å². The molecule has 1 heterocycles. The zero-order valence-corrected chi connectivity index (χ0v) is 25.7. The molecular weight excluding hydrogens is 610 g/mol. The molecular formula is C31H35NO12S. The van der Waals surface area contributed by atoms with Crippen LogP contribution >= 0.6 is 11.8 Å². The molecule has 0 saturated carbocycles. The number of rotatable bonds is 9. The smallest absolute Gasteiger partial charge is 0.315 e. The molecule has 1 fully saturated rings. The molecule has 5 rings (SSSR count).